The molecule has 0 radical (unpaired) electrons. The van der Waals surface area contributed by atoms with Gasteiger partial charge in [-0.25, -0.2) is 0 Å². The topological polar surface area (TPSA) is 24.5 Å². The number of nitrogens with zero attached hydrogens (tertiary/aromatic N) is 1. The predicted molar refractivity (Wildman–Crippen MR) is 101 cm³/mol. The van der Waals surface area contributed by atoms with Gasteiger partial charge < -0.3 is 14.4 Å². The number of hydrogen-bond donors (Lipinski definition) is 1. The number of anilines is 1. The van der Waals surface area contributed by atoms with Crippen molar-refractivity contribution in [3.05, 3.63) is 45.1 Å². The molecule has 0 saturated heterocycles. The van der Waals surface area contributed by atoms with E-state index in [0.717, 1.165) is 31.2 Å². The Morgan fingerprint density at radius 3 is 3.04 bits per heavy atom. The zero-order valence-electron chi connectivity index (χ0n) is 13.3. The lowest BCUT2D eigenvalue weighted by Crippen LogP contribution is -2.24. The molecule has 6 heteroatoms. The maximum atomic E-state index is 6.21. The van der Waals surface area contributed by atoms with Crippen molar-refractivity contribution in [3.63, 3.8) is 0 Å². The maximum Gasteiger partial charge on any atom is 0.0703 e. The Hall–Kier alpha value is -0.720. The first-order chi connectivity index (χ1) is 11.2. The fraction of sp³-hybridized carbons (Fsp3) is 0.412. The lowest BCUT2D eigenvalue weighted by molar-refractivity contribution is 0.144. The van der Waals surface area contributed by atoms with Crippen molar-refractivity contribution in [3.8, 4) is 0 Å². The summed E-state index contributed by atoms with van der Waals surface area (Å²) >= 11 is 9.75. The van der Waals surface area contributed by atoms with Crippen LogP contribution in [-0.2, 0) is 4.74 Å². The first kappa shape index (κ1) is 17.1. The van der Waals surface area contributed by atoms with Crippen LogP contribution in [0, 0.1) is 0 Å². The predicted octanol–water partition coefficient (Wildman–Crippen LogP) is 4.96. The van der Waals surface area contributed by atoms with E-state index in [1.54, 1.807) is 23.3 Å². The van der Waals surface area contributed by atoms with Crippen LogP contribution in [0.2, 0.25) is 5.02 Å². The Bertz CT molecular complexity index is 662. The van der Waals surface area contributed by atoms with Crippen LogP contribution in [0.1, 0.15) is 29.8 Å². The molecule has 0 amide bonds. The first-order valence-corrected chi connectivity index (χ1v) is 9.83. The van der Waals surface area contributed by atoms with Crippen molar-refractivity contribution in [2.24, 2.45) is 0 Å². The van der Waals surface area contributed by atoms with Gasteiger partial charge >= 0.3 is 0 Å². The van der Waals surface area contributed by atoms with Crippen LogP contribution in [0.3, 0.4) is 0 Å². The SMILES string of the molecule is CCOCCCNC1c2ccc(Cl)cc2SN(C)c2ccsc21. The molecule has 0 aliphatic carbocycles. The highest BCUT2D eigenvalue weighted by atomic mass is 35.5. The van der Waals surface area contributed by atoms with E-state index in [4.69, 9.17) is 16.3 Å². The van der Waals surface area contributed by atoms with E-state index in [-0.39, 0.29) is 6.04 Å². The molecule has 1 aromatic carbocycles. The number of benzene rings is 1. The second-order valence-corrected chi connectivity index (χ2v) is 7.93. The second-order valence-electron chi connectivity index (χ2n) is 5.38. The zero-order chi connectivity index (χ0) is 16.2. The Morgan fingerprint density at radius 2 is 2.22 bits per heavy atom. The summed E-state index contributed by atoms with van der Waals surface area (Å²) in [4.78, 5) is 2.57. The average molecular weight is 369 g/mol. The van der Waals surface area contributed by atoms with Crippen molar-refractivity contribution in [2.45, 2.75) is 24.3 Å². The van der Waals surface area contributed by atoms with Crippen LogP contribution in [-0.4, -0.2) is 26.8 Å². The molecule has 2 aromatic rings. The van der Waals surface area contributed by atoms with Gasteiger partial charge in [0, 0.05) is 30.2 Å². The van der Waals surface area contributed by atoms with Crippen LogP contribution >= 0.6 is 34.9 Å². The molecule has 0 fully saturated rings. The minimum atomic E-state index is 0.205. The summed E-state index contributed by atoms with van der Waals surface area (Å²) in [5, 5.41) is 6.65. The molecule has 3 nitrogen and oxygen atoms in total. The third-order valence-electron chi connectivity index (χ3n) is 3.81. The molecule has 1 aliphatic heterocycles. The average Bonchev–Trinajstić information content (AvgIpc) is 2.98. The molecule has 0 saturated carbocycles. The van der Waals surface area contributed by atoms with Gasteiger partial charge in [0.1, 0.15) is 0 Å². The fourth-order valence-electron chi connectivity index (χ4n) is 2.72. The zero-order valence-corrected chi connectivity index (χ0v) is 15.7. The summed E-state index contributed by atoms with van der Waals surface area (Å²) in [5.74, 6) is 0. The molecular weight excluding hydrogens is 348 g/mol. The van der Waals surface area contributed by atoms with Crippen molar-refractivity contribution in [1.29, 1.82) is 0 Å². The van der Waals surface area contributed by atoms with E-state index >= 15 is 0 Å². The van der Waals surface area contributed by atoms with E-state index in [0.29, 0.717) is 0 Å². The second kappa shape index (κ2) is 7.90. The Balaban J connectivity index is 1.86. The van der Waals surface area contributed by atoms with Crippen LogP contribution in [0.15, 0.2) is 34.5 Å². The van der Waals surface area contributed by atoms with Gasteiger partial charge in [-0.1, -0.05) is 17.7 Å². The minimum Gasteiger partial charge on any atom is -0.382 e. The van der Waals surface area contributed by atoms with Crippen LogP contribution in [0.5, 0.6) is 0 Å². The Labute approximate surface area is 151 Å². The highest BCUT2D eigenvalue weighted by Crippen LogP contribution is 2.45. The summed E-state index contributed by atoms with van der Waals surface area (Å²) in [7, 11) is 2.11. The number of halogens is 1. The first-order valence-electron chi connectivity index (χ1n) is 7.80. The smallest absolute Gasteiger partial charge is 0.0703 e. The van der Waals surface area contributed by atoms with Gasteiger partial charge in [-0.2, -0.15) is 0 Å². The molecular formula is C17H21ClN2OS2. The van der Waals surface area contributed by atoms with Gasteiger partial charge in [-0.15, -0.1) is 11.3 Å². The van der Waals surface area contributed by atoms with Crippen LogP contribution in [0.25, 0.3) is 0 Å². The molecule has 3 rings (SSSR count). The number of rotatable bonds is 6. The number of hydrogen-bond acceptors (Lipinski definition) is 5. The quantitative estimate of drug-likeness (QED) is 0.575. The fourth-order valence-corrected chi connectivity index (χ4v) is 5.06. The highest BCUT2D eigenvalue weighted by molar-refractivity contribution is 8.00. The molecule has 23 heavy (non-hydrogen) atoms. The minimum absolute atomic E-state index is 0.205. The van der Waals surface area contributed by atoms with E-state index < -0.39 is 0 Å². The monoisotopic (exact) mass is 368 g/mol. The summed E-state index contributed by atoms with van der Waals surface area (Å²) in [6, 6.07) is 8.58. The van der Waals surface area contributed by atoms with Gasteiger partial charge in [0.25, 0.3) is 0 Å². The van der Waals surface area contributed by atoms with Gasteiger partial charge in [-0.05, 0) is 61.0 Å². The third kappa shape index (κ3) is 3.86. The summed E-state index contributed by atoms with van der Waals surface area (Å²) in [5.41, 5.74) is 2.57. The number of nitrogens with one attached hydrogen (secondary N) is 1. The maximum absolute atomic E-state index is 6.21. The standard InChI is InChI=1S/C17H21ClN2OS2/c1-3-21-9-4-8-19-16-13-6-5-12(18)11-15(13)23-20(2)14-7-10-22-17(14)16/h5-7,10-11,16,19H,3-4,8-9H2,1-2H3. The van der Waals surface area contributed by atoms with E-state index in [9.17, 15) is 0 Å². The van der Waals surface area contributed by atoms with Gasteiger partial charge in [-0.3, -0.25) is 0 Å². The molecule has 1 unspecified atom stereocenters. The van der Waals surface area contributed by atoms with Crippen LogP contribution < -0.4 is 9.62 Å². The van der Waals surface area contributed by atoms with Crippen molar-refractivity contribution in [2.75, 3.05) is 31.1 Å². The molecule has 1 aromatic heterocycles. The molecule has 0 spiro atoms. The largest absolute Gasteiger partial charge is 0.382 e. The van der Waals surface area contributed by atoms with Crippen molar-refractivity contribution >= 4 is 40.6 Å². The third-order valence-corrected chi connectivity index (χ3v) is 6.04. The summed E-state index contributed by atoms with van der Waals surface area (Å²) in [6.45, 7) is 4.54. The Kier molecular flexibility index (Phi) is 5.88. The molecule has 2 heterocycles. The van der Waals surface area contributed by atoms with Gasteiger partial charge in [0.05, 0.1) is 16.6 Å². The summed E-state index contributed by atoms with van der Waals surface area (Å²) < 4.78 is 7.66. The summed E-state index contributed by atoms with van der Waals surface area (Å²) in [6.07, 6.45) is 1.01. The number of thiophene rings is 1. The van der Waals surface area contributed by atoms with Crippen molar-refractivity contribution in [1.82, 2.24) is 5.32 Å². The molecule has 1 aliphatic rings. The van der Waals surface area contributed by atoms with E-state index in [2.05, 4.69) is 40.2 Å². The highest BCUT2D eigenvalue weighted by Gasteiger charge is 2.27. The molecule has 124 valence electrons. The molecule has 0 bridgehead atoms. The van der Waals surface area contributed by atoms with Gasteiger partial charge in [0.2, 0.25) is 0 Å². The normalized spacial score (nSPS) is 16.8. The number of ether oxygens (including phenoxy) is 1. The van der Waals surface area contributed by atoms with Crippen LogP contribution in [0.4, 0.5) is 5.69 Å². The molecule has 1 N–H and O–H groups in total. The van der Waals surface area contributed by atoms with Crippen molar-refractivity contribution < 1.29 is 4.74 Å². The van der Waals surface area contributed by atoms with Gasteiger partial charge in [0.15, 0.2) is 0 Å². The molecule has 1 atom stereocenters. The van der Waals surface area contributed by atoms with E-state index in [1.807, 2.05) is 13.0 Å². The lowest BCUT2D eigenvalue weighted by atomic mass is 10.0. The Morgan fingerprint density at radius 1 is 1.35 bits per heavy atom. The lowest BCUT2D eigenvalue weighted by Gasteiger charge is -2.19. The van der Waals surface area contributed by atoms with E-state index in [1.165, 1.54) is 21.0 Å². The number of fused-ring (bicyclic) bond motifs is 2.